The molecule has 0 atom stereocenters. The van der Waals surface area contributed by atoms with E-state index in [1.54, 1.807) is 7.05 Å². The van der Waals surface area contributed by atoms with Gasteiger partial charge in [0.1, 0.15) is 4.60 Å². The van der Waals surface area contributed by atoms with Crippen LogP contribution < -0.4 is 0 Å². The number of hydrogen-bond donors (Lipinski definition) is 0. The topological polar surface area (TPSA) is 52.0 Å². The fraction of sp³-hybridized carbons (Fsp3) is 0.250. The van der Waals surface area contributed by atoms with Crippen LogP contribution in [-0.2, 0) is 16.1 Å². The van der Waals surface area contributed by atoms with Crippen molar-refractivity contribution in [3.05, 3.63) is 10.9 Å². The van der Waals surface area contributed by atoms with Gasteiger partial charge in [0, 0.05) is 17.7 Å². The van der Waals surface area contributed by atoms with E-state index in [0.29, 0.717) is 4.60 Å². The summed E-state index contributed by atoms with van der Waals surface area (Å²) in [5.41, 5.74) is 0. The summed E-state index contributed by atoms with van der Waals surface area (Å²) in [4.78, 5) is 3.58. The van der Waals surface area contributed by atoms with Crippen LogP contribution in [0.15, 0.2) is 16.0 Å². The zero-order valence-corrected chi connectivity index (χ0v) is 8.61. The minimum atomic E-state index is -3.72. The molecule has 62 valence electrons. The van der Waals surface area contributed by atoms with E-state index in [9.17, 15) is 8.42 Å². The zero-order valence-electron chi connectivity index (χ0n) is 5.45. The molecule has 0 N–H and O–H groups in total. The van der Waals surface area contributed by atoms with Crippen LogP contribution in [0.3, 0.4) is 0 Å². The van der Waals surface area contributed by atoms with Gasteiger partial charge in [-0.15, -0.1) is 0 Å². The Morgan fingerprint density at radius 2 is 2.27 bits per heavy atom. The highest BCUT2D eigenvalue weighted by molar-refractivity contribution is 9.10. The standard InChI is InChI=1S/C4H4BrClN2O2S/c1-8-2-7-4(3(8)5)11(6,9)10/h2H,1H3. The Kier molecular flexibility index (Phi) is 2.27. The van der Waals surface area contributed by atoms with Crippen LogP contribution >= 0.6 is 26.6 Å². The largest absolute Gasteiger partial charge is 0.327 e. The first-order valence-electron chi connectivity index (χ1n) is 2.54. The molecule has 0 amide bonds. The van der Waals surface area contributed by atoms with Crippen molar-refractivity contribution in [3.63, 3.8) is 0 Å². The van der Waals surface area contributed by atoms with Crippen LogP contribution in [0.25, 0.3) is 0 Å². The van der Waals surface area contributed by atoms with Gasteiger partial charge in [0.25, 0.3) is 9.05 Å². The summed E-state index contributed by atoms with van der Waals surface area (Å²) < 4.78 is 23.3. The minimum Gasteiger partial charge on any atom is -0.327 e. The van der Waals surface area contributed by atoms with Gasteiger partial charge < -0.3 is 4.57 Å². The normalized spacial score (nSPS) is 11.9. The van der Waals surface area contributed by atoms with E-state index in [1.165, 1.54) is 10.9 Å². The van der Waals surface area contributed by atoms with Crippen molar-refractivity contribution in [1.29, 1.82) is 0 Å². The van der Waals surface area contributed by atoms with Gasteiger partial charge in [-0.1, -0.05) is 0 Å². The van der Waals surface area contributed by atoms with Crippen LogP contribution in [0.4, 0.5) is 0 Å². The van der Waals surface area contributed by atoms with Gasteiger partial charge in [-0.05, 0) is 15.9 Å². The van der Waals surface area contributed by atoms with E-state index in [2.05, 4.69) is 20.9 Å². The van der Waals surface area contributed by atoms with E-state index in [0.717, 1.165) is 0 Å². The first kappa shape index (κ1) is 9.02. The number of aromatic nitrogens is 2. The molecule has 0 fully saturated rings. The Hall–Kier alpha value is -0.0700. The lowest BCUT2D eigenvalue weighted by atomic mass is 10.9. The Labute approximate surface area is 76.7 Å². The smallest absolute Gasteiger partial charge is 0.281 e. The van der Waals surface area contributed by atoms with Crippen molar-refractivity contribution in [2.24, 2.45) is 7.05 Å². The van der Waals surface area contributed by atoms with Gasteiger partial charge >= 0.3 is 0 Å². The maximum Gasteiger partial charge on any atom is 0.281 e. The maximum absolute atomic E-state index is 10.7. The van der Waals surface area contributed by atoms with Crippen molar-refractivity contribution in [3.8, 4) is 0 Å². The highest BCUT2D eigenvalue weighted by Gasteiger charge is 2.18. The molecular weight excluding hydrogens is 255 g/mol. The fourth-order valence-electron chi connectivity index (χ4n) is 0.557. The molecular formula is C4H4BrClN2O2S. The lowest BCUT2D eigenvalue weighted by Gasteiger charge is -1.91. The molecule has 0 saturated carbocycles. The molecule has 0 aliphatic rings. The maximum atomic E-state index is 10.7. The molecule has 4 nitrogen and oxygen atoms in total. The number of imidazole rings is 1. The summed E-state index contributed by atoms with van der Waals surface area (Å²) in [5.74, 6) is 0. The molecule has 0 aliphatic heterocycles. The number of halogens is 2. The number of hydrogen-bond acceptors (Lipinski definition) is 3. The van der Waals surface area contributed by atoms with Gasteiger partial charge in [0.05, 0.1) is 6.33 Å². The van der Waals surface area contributed by atoms with Gasteiger partial charge in [0.2, 0.25) is 5.03 Å². The first-order chi connectivity index (χ1) is 4.93. The van der Waals surface area contributed by atoms with Gasteiger partial charge in [-0.2, -0.15) is 0 Å². The van der Waals surface area contributed by atoms with Crippen molar-refractivity contribution in [2.75, 3.05) is 0 Å². The highest BCUT2D eigenvalue weighted by atomic mass is 79.9. The molecule has 0 saturated heterocycles. The second kappa shape index (κ2) is 2.76. The summed E-state index contributed by atoms with van der Waals surface area (Å²) in [6.07, 6.45) is 1.36. The molecule has 1 heterocycles. The number of nitrogens with zero attached hydrogens (tertiary/aromatic N) is 2. The lowest BCUT2D eigenvalue weighted by Crippen LogP contribution is -1.92. The van der Waals surface area contributed by atoms with Gasteiger partial charge in [0.15, 0.2) is 0 Å². The first-order valence-corrected chi connectivity index (χ1v) is 5.64. The monoisotopic (exact) mass is 258 g/mol. The third kappa shape index (κ3) is 1.74. The Balaban J connectivity index is 3.38. The zero-order chi connectivity index (χ0) is 8.65. The molecule has 0 aliphatic carbocycles. The molecule has 1 aromatic rings. The summed E-state index contributed by atoms with van der Waals surface area (Å²) in [6, 6.07) is 0. The van der Waals surface area contributed by atoms with Crippen molar-refractivity contribution >= 4 is 35.7 Å². The van der Waals surface area contributed by atoms with E-state index in [1.807, 2.05) is 0 Å². The molecule has 11 heavy (non-hydrogen) atoms. The average molecular weight is 260 g/mol. The number of aryl methyl sites for hydroxylation is 1. The van der Waals surface area contributed by atoms with Crippen LogP contribution in [0.5, 0.6) is 0 Å². The van der Waals surface area contributed by atoms with Crippen molar-refractivity contribution < 1.29 is 8.42 Å². The molecule has 1 aromatic heterocycles. The van der Waals surface area contributed by atoms with E-state index in [4.69, 9.17) is 10.7 Å². The molecule has 0 unspecified atom stereocenters. The van der Waals surface area contributed by atoms with Crippen LogP contribution in [0.1, 0.15) is 0 Å². The minimum absolute atomic E-state index is 0.151. The average Bonchev–Trinajstić information content (AvgIpc) is 2.11. The summed E-state index contributed by atoms with van der Waals surface area (Å²) in [5, 5.41) is -0.151. The second-order valence-corrected chi connectivity index (χ2v) is 5.12. The summed E-state index contributed by atoms with van der Waals surface area (Å²) in [6.45, 7) is 0. The SMILES string of the molecule is Cn1cnc(S(=O)(=O)Cl)c1Br. The van der Waals surface area contributed by atoms with Crippen LogP contribution in [0.2, 0.25) is 0 Å². The molecule has 1 rings (SSSR count). The number of rotatable bonds is 1. The summed E-state index contributed by atoms with van der Waals surface area (Å²) >= 11 is 3.02. The van der Waals surface area contributed by atoms with Gasteiger partial charge in [-0.25, -0.2) is 13.4 Å². The van der Waals surface area contributed by atoms with Crippen LogP contribution in [0, 0.1) is 0 Å². The fourth-order valence-corrected chi connectivity index (χ4v) is 2.53. The van der Waals surface area contributed by atoms with E-state index in [-0.39, 0.29) is 5.03 Å². The van der Waals surface area contributed by atoms with Crippen molar-refractivity contribution in [2.45, 2.75) is 5.03 Å². The predicted octanol–water partition coefficient (Wildman–Crippen LogP) is 1.11. The lowest BCUT2D eigenvalue weighted by molar-refractivity contribution is 0.606. The Bertz CT molecular complexity index is 371. The Morgan fingerprint density at radius 3 is 2.45 bits per heavy atom. The van der Waals surface area contributed by atoms with E-state index < -0.39 is 9.05 Å². The van der Waals surface area contributed by atoms with E-state index >= 15 is 0 Å². The molecule has 0 aromatic carbocycles. The molecule has 7 heteroatoms. The Morgan fingerprint density at radius 1 is 1.73 bits per heavy atom. The molecule has 0 bridgehead atoms. The van der Waals surface area contributed by atoms with Crippen molar-refractivity contribution in [1.82, 2.24) is 9.55 Å². The van der Waals surface area contributed by atoms with Crippen LogP contribution in [-0.4, -0.2) is 18.0 Å². The molecule has 0 radical (unpaired) electrons. The highest BCUT2D eigenvalue weighted by Crippen LogP contribution is 2.22. The third-order valence-electron chi connectivity index (χ3n) is 1.07. The molecule has 0 spiro atoms. The third-order valence-corrected chi connectivity index (χ3v) is 3.46. The quantitative estimate of drug-likeness (QED) is 0.710. The summed E-state index contributed by atoms with van der Waals surface area (Å²) in [7, 11) is 2.98. The van der Waals surface area contributed by atoms with Gasteiger partial charge in [-0.3, -0.25) is 0 Å². The predicted molar refractivity (Wildman–Crippen MR) is 43.9 cm³/mol. The second-order valence-electron chi connectivity index (χ2n) is 1.89.